The van der Waals surface area contributed by atoms with Gasteiger partial charge in [-0.05, 0) is 0 Å². The molecule has 3 heterocycles. The van der Waals surface area contributed by atoms with Crippen molar-refractivity contribution < 1.29 is 9.53 Å². The van der Waals surface area contributed by atoms with Gasteiger partial charge in [0.25, 0.3) is 0 Å². The van der Waals surface area contributed by atoms with E-state index in [1.54, 1.807) is 18.4 Å². The standard InChI is InChI=1S/C13H20N4O2S/c1-14-12(18)8-17-3-4-19-11-7-16(6-10(11)17)9-13-15-2-5-20-13/h2,5,10-11H,3-4,6-9H2,1H3,(H,14,18)/t10-,11+/m0/s1. The molecule has 3 rings (SSSR count). The van der Waals surface area contributed by atoms with Gasteiger partial charge < -0.3 is 10.1 Å². The quantitative estimate of drug-likeness (QED) is 0.832. The number of morpholine rings is 1. The summed E-state index contributed by atoms with van der Waals surface area (Å²) < 4.78 is 5.86. The minimum absolute atomic E-state index is 0.0732. The van der Waals surface area contributed by atoms with Crippen molar-refractivity contribution in [3.63, 3.8) is 0 Å². The van der Waals surface area contributed by atoms with Crippen LogP contribution >= 0.6 is 11.3 Å². The zero-order valence-corrected chi connectivity index (χ0v) is 12.4. The van der Waals surface area contributed by atoms with Gasteiger partial charge in [0.1, 0.15) is 5.01 Å². The van der Waals surface area contributed by atoms with E-state index in [0.717, 1.165) is 31.2 Å². The summed E-state index contributed by atoms with van der Waals surface area (Å²) in [7, 11) is 1.68. The lowest BCUT2D eigenvalue weighted by Gasteiger charge is -2.36. The van der Waals surface area contributed by atoms with E-state index in [1.165, 1.54) is 0 Å². The SMILES string of the molecule is CNC(=O)CN1CCO[C@@H]2CN(Cc3nccs3)C[C@@H]21. The van der Waals surface area contributed by atoms with E-state index in [0.29, 0.717) is 19.2 Å². The van der Waals surface area contributed by atoms with Crippen LogP contribution in [0.4, 0.5) is 0 Å². The van der Waals surface area contributed by atoms with Crippen molar-refractivity contribution in [2.45, 2.75) is 18.7 Å². The number of carbonyl (C=O) groups is 1. The van der Waals surface area contributed by atoms with Crippen LogP contribution in [0.25, 0.3) is 0 Å². The van der Waals surface area contributed by atoms with E-state index in [9.17, 15) is 4.79 Å². The number of fused-ring (bicyclic) bond motifs is 1. The molecular weight excluding hydrogens is 276 g/mol. The summed E-state index contributed by atoms with van der Waals surface area (Å²) in [6, 6.07) is 0.320. The molecular formula is C13H20N4O2S. The molecule has 1 amide bonds. The second kappa shape index (κ2) is 6.17. The Balaban J connectivity index is 1.61. The third-order valence-electron chi connectivity index (χ3n) is 3.96. The first-order chi connectivity index (χ1) is 9.76. The Morgan fingerprint density at radius 2 is 2.50 bits per heavy atom. The fourth-order valence-electron chi connectivity index (χ4n) is 2.95. The van der Waals surface area contributed by atoms with Crippen LogP contribution in [0, 0.1) is 0 Å². The molecule has 6 nitrogen and oxygen atoms in total. The predicted octanol–water partition coefficient (Wildman–Crippen LogP) is -0.226. The van der Waals surface area contributed by atoms with Crippen LogP contribution in [0.5, 0.6) is 0 Å². The van der Waals surface area contributed by atoms with E-state index < -0.39 is 0 Å². The normalized spacial score (nSPS) is 27.4. The fraction of sp³-hybridized carbons (Fsp3) is 0.692. The molecule has 110 valence electrons. The summed E-state index contributed by atoms with van der Waals surface area (Å²) in [4.78, 5) is 20.5. The third kappa shape index (κ3) is 3.01. The number of likely N-dealkylation sites (N-methyl/N-ethyl adjacent to an activating group) is 1. The van der Waals surface area contributed by atoms with Gasteiger partial charge in [0.2, 0.25) is 5.91 Å². The number of ether oxygens (including phenoxy) is 1. The summed E-state index contributed by atoms with van der Waals surface area (Å²) in [6.07, 6.45) is 2.06. The monoisotopic (exact) mass is 296 g/mol. The van der Waals surface area contributed by atoms with Crippen molar-refractivity contribution in [2.24, 2.45) is 0 Å². The Labute approximate surface area is 122 Å². The van der Waals surface area contributed by atoms with Gasteiger partial charge in [-0.1, -0.05) is 0 Å². The number of amides is 1. The average Bonchev–Trinajstić information content (AvgIpc) is 3.08. The maximum Gasteiger partial charge on any atom is 0.233 e. The van der Waals surface area contributed by atoms with Crippen molar-refractivity contribution in [1.82, 2.24) is 20.1 Å². The summed E-state index contributed by atoms with van der Waals surface area (Å²) in [5.41, 5.74) is 0. The summed E-state index contributed by atoms with van der Waals surface area (Å²) in [5, 5.41) is 5.84. The number of likely N-dealkylation sites (tertiary alicyclic amines) is 1. The molecule has 0 aromatic carbocycles. The van der Waals surface area contributed by atoms with Crippen molar-refractivity contribution in [3.8, 4) is 0 Å². The molecule has 0 spiro atoms. The minimum atomic E-state index is 0.0732. The van der Waals surface area contributed by atoms with Crippen molar-refractivity contribution >= 4 is 17.2 Å². The fourth-order valence-corrected chi connectivity index (χ4v) is 3.60. The van der Waals surface area contributed by atoms with Crippen LogP contribution in [0.3, 0.4) is 0 Å². The number of nitrogens with one attached hydrogen (secondary N) is 1. The maximum absolute atomic E-state index is 11.6. The number of hydrogen-bond donors (Lipinski definition) is 1. The molecule has 2 atom stereocenters. The highest BCUT2D eigenvalue weighted by molar-refractivity contribution is 7.09. The van der Waals surface area contributed by atoms with Gasteiger partial charge in [0.15, 0.2) is 0 Å². The highest BCUT2D eigenvalue weighted by Crippen LogP contribution is 2.24. The molecule has 7 heteroatoms. The summed E-state index contributed by atoms with van der Waals surface area (Å²) in [5.74, 6) is 0.0732. The van der Waals surface area contributed by atoms with Crippen LogP contribution in [0.1, 0.15) is 5.01 Å². The molecule has 2 aliphatic rings. The van der Waals surface area contributed by atoms with Crippen LogP contribution in [0.2, 0.25) is 0 Å². The highest BCUT2D eigenvalue weighted by Gasteiger charge is 2.40. The lowest BCUT2D eigenvalue weighted by Crippen LogP contribution is -2.53. The smallest absolute Gasteiger partial charge is 0.233 e. The van der Waals surface area contributed by atoms with Crippen LogP contribution in [0.15, 0.2) is 11.6 Å². The molecule has 0 aliphatic carbocycles. The molecule has 0 unspecified atom stereocenters. The van der Waals surface area contributed by atoms with Gasteiger partial charge in [-0.15, -0.1) is 11.3 Å². The third-order valence-corrected chi connectivity index (χ3v) is 4.72. The number of nitrogens with zero attached hydrogens (tertiary/aromatic N) is 3. The Morgan fingerprint density at radius 3 is 3.25 bits per heavy atom. The van der Waals surface area contributed by atoms with Crippen LogP contribution in [-0.2, 0) is 16.1 Å². The second-order valence-electron chi connectivity index (χ2n) is 5.24. The molecule has 1 aromatic heterocycles. The Kier molecular flexibility index (Phi) is 4.30. The summed E-state index contributed by atoms with van der Waals surface area (Å²) in [6.45, 7) is 4.76. The first-order valence-electron chi connectivity index (χ1n) is 6.93. The van der Waals surface area contributed by atoms with Gasteiger partial charge in [-0.3, -0.25) is 14.6 Å². The van der Waals surface area contributed by atoms with Gasteiger partial charge in [0.05, 0.1) is 31.8 Å². The molecule has 20 heavy (non-hydrogen) atoms. The lowest BCUT2D eigenvalue weighted by molar-refractivity contribution is -0.125. The molecule has 1 N–H and O–H groups in total. The Morgan fingerprint density at radius 1 is 1.60 bits per heavy atom. The summed E-state index contributed by atoms with van der Waals surface area (Å²) >= 11 is 1.69. The Hall–Kier alpha value is -1.02. The van der Waals surface area contributed by atoms with Crippen molar-refractivity contribution in [2.75, 3.05) is 39.8 Å². The van der Waals surface area contributed by atoms with Crippen LogP contribution < -0.4 is 5.32 Å². The average molecular weight is 296 g/mol. The van der Waals surface area contributed by atoms with E-state index in [-0.39, 0.29) is 12.0 Å². The van der Waals surface area contributed by atoms with E-state index in [1.807, 2.05) is 11.6 Å². The van der Waals surface area contributed by atoms with Gasteiger partial charge in [-0.2, -0.15) is 0 Å². The second-order valence-corrected chi connectivity index (χ2v) is 6.22. The van der Waals surface area contributed by atoms with Gasteiger partial charge >= 0.3 is 0 Å². The zero-order chi connectivity index (χ0) is 13.9. The van der Waals surface area contributed by atoms with Crippen molar-refractivity contribution in [1.29, 1.82) is 0 Å². The first-order valence-corrected chi connectivity index (χ1v) is 7.81. The highest BCUT2D eigenvalue weighted by atomic mass is 32.1. The van der Waals surface area contributed by atoms with E-state index >= 15 is 0 Å². The van der Waals surface area contributed by atoms with E-state index in [4.69, 9.17) is 4.74 Å². The molecule has 0 saturated carbocycles. The first kappa shape index (κ1) is 13.9. The number of thiazole rings is 1. The topological polar surface area (TPSA) is 57.7 Å². The van der Waals surface area contributed by atoms with Crippen LogP contribution in [-0.4, -0.2) is 72.7 Å². The largest absolute Gasteiger partial charge is 0.374 e. The number of carbonyl (C=O) groups excluding carboxylic acids is 1. The number of hydrogen-bond acceptors (Lipinski definition) is 6. The lowest BCUT2D eigenvalue weighted by atomic mass is 10.1. The maximum atomic E-state index is 11.6. The number of rotatable bonds is 4. The molecule has 2 fully saturated rings. The number of aromatic nitrogens is 1. The molecule has 2 saturated heterocycles. The molecule has 0 bridgehead atoms. The molecule has 0 radical (unpaired) electrons. The molecule has 2 aliphatic heterocycles. The Bertz CT molecular complexity index is 453. The van der Waals surface area contributed by atoms with Gasteiger partial charge in [0, 0.05) is 38.3 Å². The predicted molar refractivity (Wildman–Crippen MR) is 76.6 cm³/mol. The minimum Gasteiger partial charge on any atom is -0.374 e. The molecule has 1 aromatic rings. The zero-order valence-electron chi connectivity index (χ0n) is 11.6. The van der Waals surface area contributed by atoms with E-state index in [2.05, 4.69) is 20.1 Å². The van der Waals surface area contributed by atoms with Gasteiger partial charge in [-0.25, -0.2) is 4.98 Å². The van der Waals surface area contributed by atoms with Crippen molar-refractivity contribution in [3.05, 3.63) is 16.6 Å².